The Kier molecular flexibility index (Phi) is 3.92. The van der Waals surface area contributed by atoms with Crippen LogP contribution in [0.25, 0.3) is 0 Å². The summed E-state index contributed by atoms with van der Waals surface area (Å²) in [6.07, 6.45) is 2.77. The molecule has 3 amide bonds. The van der Waals surface area contributed by atoms with Gasteiger partial charge in [-0.25, -0.2) is 4.79 Å². The number of aliphatic carboxylic acids is 1. The fourth-order valence-electron chi connectivity index (χ4n) is 3.31. The number of amides is 3. The predicted octanol–water partition coefficient (Wildman–Crippen LogP) is -0.469. The Morgan fingerprint density at radius 1 is 1.21 bits per heavy atom. The first-order chi connectivity index (χ1) is 9.02. The first kappa shape index (κ1) is 13.6. The van der Waals surface area contributed by atoms with E-state index in [1.165, 1.54) is 7.05 Å². The van der Waals surface area contributed by atoms with Crippen molar-refractivity contribution in [1.29, 1.82) is 0 Å². The van der Waals surface area contributed by atoms with Crippen molar-refractivity contribution in [1.82, 2.24) is 16.0 Å². The average Bonchev–Trinajstić information content (AvgIpc) is 2.96. The van der Waals surface area contributed by atoms with Crippen LogP contribution in [-0.2, 0) is 9.59 Å². The maximum Gasteiger partial charge on any atom is 0.315 e. The van der Waals surface area contributed by atoms with Gasteiger partial charge in [-0.05, 0) is 31.1 Å². The number of nitrogens with one attached hydrogen (secondary N) is 3. The molecule has 0 saturated heterocycles. The van der Waals surface area contributed by atoms with Crippen LogP contribution < -0.4 is 16.0 Å². The summed E-state index contributed by atoms with van der Waals surface area (Å²) in [5.74, 6) is -1.21. The highest BCUT2D eigenvalue weighted by atomic mass is 16.4. The van der Waals surface area contributed by atoms with Crippen molar-refractivity contribution in [3.8, 4) is 0 Å². The summed E-state index contributed by atoms with van der Waals surface area (Å²) in [6, 6.07) is -0.798. The van der Waals surface area contributed by atoms with Crippen molar-refractivity contribution in [3.05, 3.63) is 0 Å². The molecular weight excluding hydrogens is 250 g/mol. The predicted molar refractivity (Wildman–Crippen MR) is 66.3 cm³/mol. The highest BCUT2D eigenvalue weighted by Gasteiger charge is 2.51. The lowest BCUT2D eigenvalue weighted by atomic mass is 9.84. The van der Waals surface area contributed by atoms with E-state index in [0.717, 1.165) is 19.3 Å². The van der Waals surface area contributed by atoms with Gasteiger partial charge >= 0.3 is 12.0 Å². The molecule has 4 N–H and O–H groups in total. The molecule has 4 unspecified atom stereocenters. The molecule has 2 saturated carbocycles. The lowest BCUT2D eigenvalue weighted by Gasteiger charge is -2.28. The second-order valence-electron chi connectivity index (χ2n) is 5.22. The highest BCUT2D eigenvalue weighted by Crippen LogP contribution is 2.48. The zero-order valence-electron chi connectivity index (χ0n) is 10.8. The van der Waals surface area contributed by atoms with Crippen LogP contribution in [0, 0.1) is 17.8 Å². The third kappa shape index (κ3) is 2.80. The van der Waals surface area contributed by atoms with Gasteiger partial charge in [-0.3, -0.25) is 9.59 Å². The molecule has 2 aliphatic rings. The molecule has 2 fully saturated rings. The van der Waals surface area contributed by atoms with Gasteiger partial charge in [0.05, 0.1) is 12.5 Å². The molecule has 7 heteroatoms. The van der Waals surface area contributed by atoms with Crippen molar-refractivity contribution >= 4 is 17.9 Å². The van der Waals surface area contributed by atoms with Gasteiger partial charge in [-0.1, -0.05) is 0 Å². The molecule has 2 rings (SSSR count). The molecule has 106 valence electrons. The van der Waals surface area contributed by atoms with Gasteiger partial charge in [0.15, 0.2) is 0 Å². The van der Waals surface area contributed by atoms with Gasteiger partial charge in [0.1, 0.15) is 0 Å². The molecule has 0 spiro atoms. The van der Waals surface area contributed by atoms with Crippen LogP contribution in [0.1, 0.15) is 19.3 Å². The zero-order chi connectivity index (χ0) is 14.0. The second-order valence-corrected chi connectivity index (χ2v) is 5.22. The van der Waals surface area contributed by atoms with Crippen LogP contribution in [0.2, 0.25) is 0 Å². The second kappa shape index (κ2) is 5.46. The van der Waals surface area contributed by atoms with E-state index in [1.807, 2.05) is 0 Å². The Balaban J connectivity index is 1.89. The standard InChI is InChI=1S/C12H19N3O4/c1-13-8(16)5-14-12(19)15-10-7-3-2-6(4-7)9(10)11(17)18/h6-7,9-10H,2-5H2,1H3,(H,13,16)(H,17,18)(H2,14,15,19). The summed E-state index contributed by atoms with van der Waals surface area (Å²) in [6.45, 7) is -0.110. The molecule has 7 nitrogen and oxygen atoms in total. The smallest absolute Gasteiger partial charge is 0.315 e. The lowest BCUT2D eigenvalue weighted by molar-refractivity contribution is -0.144. The summed E-state index contributed by atoms with van der Waals surface area (Å²) < 4.78 is 0. The Bertz CT molecular complexity index is 398. The molecule has 19 heavy (non-hydrogen) atoms. The number of carboxylic acid groups (broad SMARTS) is 1. The Labute approximate surface area is 111 Å². The van der Waals surface area contributed by atoms with Crippen LogP contribution in [0.4, 0.5) is 4.79 Å². The molecule has 0 aliphatic heterocycles. The molecule has 0 aromatic rings. The highest BCUT2D eigenvalue weighted by molar-refractivity contribution is 5.84. The van der Waals surface area contributed by atoms with Crippen LogP contribution in [-0.4, -0.2) is 42.6 Å². The number of carboxylic acids is 1. The molecule has 2 aliphatic carbocycles. The maximum absolute atomic E-state index is 11.7. The molecule has 0 radical (unpaired) electrons. The van der Waals surface area contributed by atoms with E-state index in [4.69, 9.17) is 0 Å². The van der Waals surface area contributed by atoms with E-state index in [2.05, 4.69) is 16.0 Å². The number of likely N-dealkylation sites (N-methyl/N-ethyl adjacent to an activating group) is 1. The molecule has 0 aromatic heterocycles. The Hall–Kier alpha value is -1.79. The monoisotopic (exact) mass is 269 g/mol. The molecule has 0 heterocycles. The molecular formula is C12H19N3O4. The summed E-state index contributed by atoms with van der Waals surface area (Å²) in [4.78, 5) is 33.9. The normalized spacial score (nSPS) is 31.8. The maximum atomic E-state index is 11.7. The van der Waals surface area contributed by atoms with Gasteiger partial charge in [0.25, 0.3) is 0 Å². The number of hydrogen-bond donors (Lipinski definition) is 4. The minimum atomic E-state index is -0.844. The van der Waals surface area contributed by atoms with Crippen molar-refractivity contribution in [3.63, 3.8) is 0 Å². The topological polar surface area (TPSA) is 108 Å². The van der Waals surface area contributed by atoms with E-state index in [9.17, 15) is 19.5 Å². The van der Waals surface area contributed by atoms with E-state index in [0.29, 0.717) is 0 Å². The first-order valence-corrected chi connectivity index (χ1v) is 6.50. The van der Waals surface area contributed by atoms with Gasteiger partial charge in [-0.15, -0.1) is 0 Å². The van der Waals surface area contributed by atoms with Crippen LogP contribution in [0.3, 0.4) is 0 Å². The van der Waals surface area contributed by atoms with E-state index in [-0.39, 0.29) is 30.3 Å². The number of carbonyl (C=O) groups excluding carboxylic acids is 2. The van der Waals surface area contributed by atoms with Gasteiger partial charge < -0.3 is 21.1 Å². The van der Waals surface area contributed by atoms with Crippen LogP contribution in [0.15, 0.2) is 0 Å². The number of hydrogen-bond acceptors (Lipinski definition) is 3. The molecule has 0 aromatic carbocycles. The third-order valence-electron chi connectivity index (χ3n) is 4.19. The lowest BCUT2D eigenvalue weighted by Crippen LogP contribution is -2.51. The fourth-order valence-corrected chi connectivity index (χ4v) is 3.31. The zero-order valence-corrected chi connectivity index (χ0v) is 10.8. The summed E-state index contributed by atoms with van der Waals surface area (Å²) in [5.41, 5.74) is 0. The third-order valence-corrected chi connectivity index (χ3v) is 4.19. The van der Waals surface area contributed by atoms with E-state index >= 15 is 0 Å². The number of urea groups is 1. The quantitative estimate of drug-likeness (QED) is 0.553. The van der Waals surface area contributed by atoms with Crippen molar-refractivity contribution in [2.45, 2.75) is 25.3 Å². The first-order valence-electron chi connectivity index (χ1n) is 6.50. The Morgan fingerprint density at radius 2 is 1.89 bits per heavy atom. The van der Waals surface area contributed by atoms with Gasteiger partial charge in [0, 0.05) is 13.1 Å². The van der Waals surface area contributed by atoms with Crippen LogP contribution >= 0.6 is 0 Å². The van der Waals surface area contributed by atoms with Crippen LogP contribution in [0.5, 0.6) is 0 Å². The number of fused-ring (bicyclic) bond motifs is 2. The summed E-state index contributed by atoms with van der Waals surface area (Å²) in [7, 11) is 1.48. The molecule has 4 atom stereocenters. The summed E-state index contributed by atoms with van der Waals surface area (Å²) >= 11 is 0. The molecule has 2 bridgehead atoms. The minimum Gasteiger partial charge on any atom is -0.481 e. The Morgan fingerprint density at radius 3 is 2.53 bits per heavy atom. The minimum absolute atomic E-state index is 0.110. The number of rotatable bonds is 4. The van der Waals surface area contributed by atoms with Gasteiger partial charge in [0.2, 0.25) is 5.91 Å². The largest absolute Gasteiger partial charge is 0.481 e. The van der Waals surface area contributed by atoms with Crippen molar-refractivity contribution in [2.24, 2.45) is 17.8 Å². The van der Waals surface area contributed by atoms with Gasteiger partial charge in [-0.2, -0.15) is 0 Å². The number of carbonyl (C=O) groups is 3. The van der Waals surface area contributed by atoms with Crippen molar-refractivity contribution < 1.29 is 19.5 Å². The van der Waals surface area contributed by atoms with E-state index in [1.54, 1.807) is 0 Å². The SMILES string of the molecule is CNC(=O)CNC(=O)NC1C2CCC(C2)C1C(=O)O. The van der Waals surface area contributed by atoms with E-state index < -0.39 is 17.9 Å². The van der Waals surface area contributed by atoms with Crippen molar-refractivity contribution in [2.75, 3.05) is 13.6 Å². The average molecular weight is 269 g/mol. The fraction of sp³-hybridized carbons (Fsp3) is 0.750. The summed E-state index contributed by atoms with van der Waals surface area (Å²) in [5, 5.41) is 16.8.